The van der Waals surface area contributed by atoms with E-state index in [0.717, 1.165) is 12.1 Å². The second kappa shape index (κ2) is 6.62. The molecule has 0 saturated carbocycles. The monoisotopic (exact) mass is 392 g/mol. The summed E-state index contributed by atoms with van der Waals surface area (Å²) in [6, 6.07) is 8.47. The Morgan fingerprint density at radius 3 is 2.18 bits per heavy atom. The maximum Gasteiger partial charge on any atom is 0.416 e. The van der Waals surface area contributed by atoms with Crippen molar-refractivity contribution in [3.05, 3.63) is 58.3 Å². The predicted octanol–water partition coefficient (Wildman–Crippen LogP) is 5.42. The molecular formula is C14H9BrF4N2S. The Kier molecular flexibility index (Phi) is 5.02. The number of benzene rings is 2. The summed E-state index contributed by atoms with van der Waals surface area (Å²) in [5, 5.41) is 5.74. The number of rotatable bonds is 2. The van der Waals surface area contributed by atoms with Gasteiger partial charge in [-0.2, -0.15) is 13.2 Å². The summed E-state index contributed by atoms with van der Waals surface area (Å²) in [5.41, 5.74) is 0.202. The van der Waals surface area contributed by atoms with Gasteiger partial charge in [0.15, 0.2) is 5.11 Å². The van der Waals surface area contributed by atoms with Gasteiger partial charge in [-0.05, 0) is 70.6 Å². The Bertz CT molecular complexity index is 686. The fourth-order valence-electron chi connectivity index (χ4n) is 1.62. The van der Waals surface area contributed by atoms with Gasteiger partial charge in [-0.15, -0.1) is 0 Å². The second-order valence-electron chi connectivity index (χ2n) is 4.28. The zero-order valence-electron chi connectivity index (χ0n) is 10.8. The third kappa shape index (κ3) is 4.41. The maximum absolute atomic E-state index is 13.0. The van der Waals surface area contributed by atoms with Gasteiger partial charge in [0.1, 0.15) is 5.82 Å². The van der Waals surface area contributed by atoms with E-state index < -0.39 is 17.6 Å². The van der Waals surface area contributed by atoms with Crippen LogP contribution in [0.2, 0.25) is 0 Å². The van der Waals surface area contributed by atoms with E-state index in [4.69, 9.17) is 12.2 Å². The van der Waals surface area contributed by atoms with Gasteiger partial charge in [0.25, 0.3) is 0 Å². The zero-order chi connectivity index (χ0) is 16.3. The third-order valence-corrected chi connectivity index (χ3v) is 3.51. The molecule has 0 aliphatic carbocycles. The first-order chi connectivity index (χ1) is 10.3. The van der Waals surface area contributed by atoms with Gasteiger partial charge in [0.05, 0.1) is 11.3 Å². The summed E-state index contributed by atoms with van der Waals surface area (Å²) in [4.78, 5) is 0. The molecule has 0 saturated heterocycles. The van der Waals surface area contributed by atoms with Crippen molar-refractivity contribution in [2.45, 2.75) is 6.18 Å². The molecule has 0 heterocycles. The lowest BCUT2D eigenvalue weighted by molar-refractivity contribution is -0.137. The van der Waals surface area contributed by atoms with Gasteiger partial charge in [-0.25, -0.2) is 4.39 Å². The highest BCUT2D eigenvalue weighted by Crippen LogP contribution is 2.30. The van der Waals surface area contributed by atoms with E-state index in [9.17, 15) is 17.6 Å². The molecule has 2 aromatic carbocycles. The summed E-state index contributed by atoms with van der Waals surface area (Å²) in [5.74, 6) is -0.404. The number of nitrogens with one attached hydrogen (secondary N) is 2. The van der Waals surface area contributed by atoms with E-state index in [-0.39, 0.29) is 5.11 Å². The van der Waals surface area contributed by atoms with E-state index in [2.05, 4.69) is 26.6 Å². The summed E-state index contributed by atoms with van der Waals surface area (Å²) >= 11 is 8.24. The second-order valence-corrected chi connectivity index (χ2v) is 5.54. The van der Waals surface area contributed by atoms with Gasteiger partial charge in [0.2, 0.25) is 0 Å². The first-order valence-corrected chi connectivity index (χ1v) is 7.16. The van der Waals surface area contributed by atoms with E-state index in [1.807, 2.05) is 0 Å². The van der Waals surface area contributed by atoms with Crippen LogP contribution < -0.4 is 10.6 Å². The minimum atomic E-state index is -4.38. The highest BCUT2D eigenvalue weighted by molar-refractivity contribution is 9.10. The van der Waals surface area contributed by atoms with Crippen LogP contribution in [0.1, 0.15) is 5.56 Å². The average molecular weight is 393 g/mol. The number of thiocarbonyl (C=S) groups is 1. The Morgan fingerprint density at radius 2 is 1.64 bits per heavy atom. The lowest BCUT2D eigenvalue weighted by Gasteiger charge is -2.13. The summed E-state index contributed by atoms with van der Waals surface area (Å²) in [6.07, 6.45) is -4.38. The molecule has 0 radical (unpaired) electrons. The molecule has 2 N–H and O–H groups in total. The van der Waals surface area contributed by atoms with E-state index in [0.29, 0.717) is 15.8 Å². The quantitative estimate of drug-likeness (QED) is 0.527. The Balaban J connectivity index is 2.03. The molecule has 0 aliphatic heterocycles. The highest BCUT2D eigenvalue weighted by Gasteiger charge is 2.29. The number of halogens is 5. The maximum atomic E-state index is 13.0. The van der Waals surface area contributed by atoms with Gasteiger partial charge in [-0.3, -0.25) is 0 Å². The third-order valence-electron chi connectivity index (χ3n) is 2.65. The van der Waals surface area contributed by atoms with Crippen LogP contribution in [0, 0.1) is 5.82 Å². The molecule has 2 rings (SSSR count). The fourth-order valence-corrected chi connectivity index (χ4v) is 2.30. The number of alkyl halides is 3. The molecule has 116 valence electrons. The average Bonchev–Trinajstić information content (AvgIpc) is 2.41. The Hall–Kier alpha value is -1.67. The molecule has 0 atom stereocenters. The summed E-state index contributed by atoms with van der Waals surface area (Å²) in [6.45, 7) is 0. The molecule has 0 aliphatic rings. The Morgan fingerprint density at radius 1 is 1.00 bits per heavy atom. The molecule has 0 spiro atoms. The number of hydrogen-bond acceptors (Lipinski definition) is 1. The molecular weight excluding hydrogens is 384 g/mol. The van der Waals surface area contributed by atoms with Crippen molar-refractivity contribution in [1.82, 2.24) is 0 Å². The smallest absolute Gasteiger partial charge is 0.332 e. The first-order valence-electron chi connectivity index (χ1n) is 5.96. The van der Waals surface area contributed by atoms with Gasteiger partial charge in [0, 0.05) is 10.2 Å². The van der Waals surface area contributed by atoms with E-state index in [1.54, 1.807) is 0 Å². The Labute approximate surface area is 137 Å². The SMILES string of the molecule is Fc1ccc(NC(=S)Nc2ccc(C(F)(F)F)cc2)c(Br)c1. The van der Waals surface area contributed by atoms with Crippen molar-refractivity contribution in [3.63, 3.8) is 0 Å². The molecule has 8 heteroatoms. The fraction of sp³-hybridized carbons (Fsp3) is 0.0714. The van der Waals surface area contributed by atoms with Crippen LogP contribution in [-0.4, -0.2) is 5.11 Å². The van der Waals surface area contributed by atoms with E-state index in [1.165, 1.54) is 30.3 Å². The minimum absolute atomic E-state index is 0.173. The van der Waals surface area contributed by atoms with Crippen LogP contribution in [0.5, 0.6) is 0 Å². The molecule has 22 heavy (non-hydrogen) atoms. The standard InChI is InChI=1S/C14H9BrF4N2S/c15-11-7-9(16)3-6-12(11)21-13(22)20-10-4-1-8(2-5-10)14(17,18)19/h1-7H,(H2,20,21,22). The van der Waals surface area contributed by atoms with Gasteiger partial charge < -0.3 is 10.6 Å². The minimum Gasteiger partial charge on any atom is -0.332 e. The number of anilines is 2. The van der Waals surface area contributed by atoms with Crippen molar-refractivity contribution in [2.24, 2.45) is 0 Å². The van der Waals surface area contributed by atoms with Crippen molar-refractivity contribution in [2.75, 3.05) is 10.6 Å². The van der Waals surface area contributed by atoms with Gasteiger partial charge >= 0.3 is 6.18 Å². The lowest BCUT2D eigenvalue weighted by Crippen LogP contribution is -2.19. The molecule has 0 bridgehead atoms. The van der Waals surface area contributed by atoms with Crippen LogP contribution >= 0.6 is 28.1 Å². The van der Waals surface area contributed by atoms with Crippen molar-refractivity contribution < 1.29 is 17.6 Å². The van der Waals surface area contributed by atoms with Crippen LogP contribution in [0.15, 0.2) is 46.9 Å². The molecule has 0 aromatic heterocycles. The molecule has 2 nitrogen and oxygen atoms in total. The van der Waals surface area contributed by atoms with Crippen LogP contribution in [0.3, 0.4) is 0 Å². The topological polar surface area (TPSA) is 24.1 Å². The van der Waals surface area contributed by atoms with Crippen LogP contribution in [0.4, 0.5) is 28.9 Å². The van der Waals surface area contributed by atoms with E-state index >= 15 is 0 Å². The largest absolute Gasteiger partial charge is 0.416 e. The van der Waals surface area contributed by atoms with Crippen molar-refractivity contribution >= 4 is 44.6 Å². The highest BCUT2D eigenvalue weighted by atomic mass is 79.9. The molecule has 2 aromatic rings. The zero-order valence-corrected chi connectivity index (χ0v) is 13.2. The summed E-state index contributed by atoms with van der Waals surface area (Å²) in [7, 11) is 0. The van der Waals surface area contributed by atoms with Crippen LogP contribution in [0.25, 0.3) is 0 Å². The summed E-state index contributed by atoms with van der Waals surface area (Å²) < 4.78 is 50.8. The van der Waals surface area contributed by atoms with Gasteiger partial charge in [-0.1, -0.05) is 0 Å². The van der Waals surface area contributed by atoms with Crippen molar-refractivity contribution in [3.8, 4) is 0 Å². The molecule has 0 unspecified atom stereocenters. The molecule has 0 fully saturated rings. The van der Waals surface area contributed by atoms with Crippen molar-refractivity contribution in [1.29, 1.82) is 0 Å². The van der Waals surface area contributed by atoms with Crippen LogP contribution in [-0.2, 0) is 6.18 Å². The first kappa shape index (κ1) is 16.7. The predicted molar refractivity (Wildman–Crippen MR) is 85.4 cm³/mol. The molecule has 0 amide bonds. The normalized spacial score (nSPS) is 11.1. The number of hydrogen-bond donors (Lipinski definition) is 2. The lowest BCUT2D eigenvalue weighted by atomic mass is 10.2.